The lowest BCUT2D eigenvalue weighted by atomic mass is 9.97. The predicted octanol–water partition coefficient (Wildman–Crippen LogP) is 4.32. The molecule has 0 N–H and O–H groups in total. The van der Waals surface area contributed by atoms with Crippen molar-refractivity contribution in [3.63, 3.8) is 0 Å². The molecule has 0 aliphatic heterocycles. The second kappa shape index (κ2) is 7.14. The van der Waals surface area contributed by atoms with E-state index in [1.54, 1.807) is 20.8 Å². The van der Waals surface area contributed by atoms with Crippen LogP contribution in [-0.2, 0) is 25.5 Å². The van der Waals surface area contributed by atoms with Crippen LogP contribution in [0.2, 0.25) is 0 Å². The molecule has 27 heavy (non-hydrogen) atoms. The lowest BCUT2D eigenvalue weighted by Gasteiger charge is -2.19. The fourth-order valence-electron chi connectivity index (χ4n) is 2.27. The van der Waals surface area contributed by atoms with Gasteiger partial charge in [0.15, 0.2) is 11.6 Å². The molecule has 0 amide bonds. The van der Waals surface area contributed by atoms with E-state index in [9.17, 15) is 30.8 Å². The van der Waals surface area contributed by atoms with Crippen molar-refractivity contribution >= 4 is 21.8 Å². The summed E-state index contributed by atoms with van der Waals surface area (Å²) in [4.78, 5) is 12.0. The van der Waals surface area contributed by atoms with Gasteiger partial charge in [0.2, 0.25) is 0 Å². The molecule has 0 atom stereocenters. The minimum atomic E-state index is -5.89. The highest BCUT2D eigenvalue weighted by molar-refractivity contribution is 7.87. The van der Waals surface area contributed by atoms with Crippen molar-refractivity contribution in [3.05, 3.63) is 35.2 Å². The molecule has 5 nitrogen and oxygen atoms in total. The van der Waals surface area contributed by atoms with E-state index in [1.165, 1.54) is 6.07 Å². The highest BCUT2D eigenvalue weighted by Crippen LogP contribution is 2.36. The minimum Gasteiger partial charge on any atom is -0.423 e. The van der Waals surface area contributed by atoms with Crippen LogP contribution in [0.15, 0.2) is 18.2 Å². The molecule has 0 unspecified atom stereocenters. The second-order valence-electron chi connectivity index (χ2n) is 6.99. The molecule has 150 valence electrons. The first-order valence-electron chi connectivity index (χ1n) is 7.99. The number of hydrogen-bond donors (Lipinski definition) is 0. The summed E-state index contributed by atoms with van der Waals surface area (Å²) in [7, 11) is -5.89. The molecule has 1 aliphatic rings. The Kier molecular flexibility index (Phi) is 5.61. The largest absolute Gasteiger partial charge is 0.534 e. The molecule has 1 aliphatic carbocycles. The number of alkyl halides is 3. The molecule has 0 saturated carbocycles. The van der Waals surface area contributed by atoms with Crippen molar-refractivity contribution in [3.8, 4) is 5.75 Å². The third-order valence-electron chi connectivity index (χ3n) is 3.73. The number of rotatable bonds is 3. The van der Waals surface area contributed by atoms with E-state index in [1.807, 2.05) is 0 Å². The van der Waals surface area contributed by atoms with Crippen molar-refractivity contribution in [2.45, 2.75) is 45.5 Å². The van der Waals surface area contributed by atoms with Gasteiger partial charge in [0.25, 0.3) is 0 Å². The van der Waals surface area contributed by atoms with E-state index in [0.717, 1.165) is 12.1 Å². The Bertz CT molecular complexity index is 880. The fourth-order valence-corrected chi connectivity index (χ4v) is 2.76. The van der Waals surface area contributed by atoms with Crippen LogP contribution in [0, 0.1) is 11.2 Å². The van der Waals surface area contributed by atoms with Gasteiger partial charge in [0.05, 0.1) is 5.41 Å². The smallest absolute Gasteiger partial charge is 0.423 e. The van der Waals surface area contributed by atoms with Crippen LogP contribution in [0.3, 0.4) is 0 Å². The number of carbonyl (C=O) groups is 1. The van der Waals surface area contributed by atoms with E-state index in [0.29, 0.717) is 6.42 Å². The maximum atomic E-state index is 14.8. The molecular weight excluding hydrogens is 392 g/mol. The van der Waals surface area contributed by atoms with Crippen LogP contribution >= 0.6 is 0 Å². The zero-order valence-electron chi connectivity index (χ0n) is 14.8. The van der Waals surface area contributed by atoms with Gasteiger partial charge >= 0.3 is 21.6 Å². The Morgan fingerprint density at radius 2 is 1.78 bits per heavy atom. The van der Waals surface area contributed by atoms with Crippen LogP contribution < -0.4 is 4.74 Å². The summed E-state index contributed by atoms with van der Waals surface area (Å²) < 4.78 is 84.4. The van der Waals surface area contributed by atoms with Gasteiger partial charge in [0, 0.05) is 11.1 Å². The first kappa shape index (κ1) is 21.2. The lowest BCUT2D eigenvalue weighted by molar-refractivity contribution is -0.143. The average Bonchev–Trinajstić information content (AvgIpc) is 2.70. The predicted molar refractivity (Wildman–Crippen MR) is 88.5 cm³/mol. The van der Waals surface area contributed by atoms with Crippen LogP contribution in [0.5, 0.6) is 5.75 Å². The molecular formula is C17H18F4O5S. The zero-order valence-corrected chi connectivity index (χ0v) is 15.6. The third-order valence-corrected chi connectivity index (χ3v) is 4.70. The van der Waals surface area contributed by atoms with Crippen LogP contribution in [0.1, 0.15) is 44.7 Å². The van der Waals surface area contributed by atoms with Crippen molar-refractivity contribution in [2.24, 2.45) is 5.41 Å². The summed E-state index contributed by atoms with van der Waals surface area (Å²) in [6.07, 6.45) is 1.81. The van der Waals surface area contributed by atoms with Gasteiger partial charge in [-0.15, -0.1) is 0 Å². The number of halogens is 4. The summed E-state index contributed by atoms with van der Waals surface area (Å²) in [5.74, 6) is -2.62. The molecule has 0 radical (unpaired) electrons. The summed E-state index contributed by atoms with van der Waals surface area (Å²) in [6, 6.07) is 2.23. The fraction of sp³-hybridized carbons (Fsp3) is 0.471. The minimum absolute atomic E-state index is 0.0738. The number of ether oxygens (including phenoxy) is 1. The Morgan fingerprint density at radius 3 is 2.33 bits per heavy atom. The van der Waals surface area contributed by atoms with E-state index in [2.05, 4.69) is 4.18 Å². The monoisotopic (exact) mass is 410 g/mol. The zero-order chi connectivity index (χ0) is 20.6. The molecule has 1 aromatic rings. The van der Waals surface area contributed by atoms with E-state index >= 15 is 0 Å². The normalized spacial score (nSPS) is 15.4. The van der Waals surface area contributed by atoms with Gasteiger partial charge in [-0.05, 0) is 58.2 Å². The summed E-state index contributed by atoms with van der Waals surface area (Å²) in [6.45, 7) is 4.73. The number of carbonyl (C=O) groups excluding carboxylic acids is 1. The molecule has 0 aromatic heterocycles. The van der Waals surface area contributed by atoms with Crippen LogP contribution in [0.25, 0.3) is 5.76 Å². The van der Waals surface area contributed by atoms with E-state index < -0.39 is 38.6 Å². The van der Waals surface area contributed by atoms with Gasteiger partial charge in [-0.2, -0.15) is 21.6 Å². The molecule has 0 heterocycles. The first-order chi connectivity index (χ1) is 12.2. The van der Waals surface area contributed by atoms with E-state index in [4.69, 9.17) is 4.74 Å². The van der Waals surface area contributed by atoms with Crippen molar-refractivity contribution in [1.29, 1.82) is 0 Å². The second-order valence-corrected chi connectivity index (χ2v) is 8.52. The standard InChI is InChI=1S/C17H18F4O5S/c1-16(2,3)15(22)25-13-9-8-10-11(14(13)18)6-4-5-7-12(10)26-27(23,24)17(19,20)21/h7-9H,4-6H2,1-3H3. The SMILES string of the molecule is CC(C)(C)C(=O)Oc1ccc2c(c1F)CCCC=C2OS(=O)(=O)C(F)(F)F. The van der Waals surface area contributed by atoms with Gasteiger partial charge in [-0.3, -0.25) is 4.79 Å². The summed E-state index contributed by atoms with van der Waals surface area (Å²) in [5.41, 5.74) is -6.71. The quantitative estimate of drug-likeness (QED) is 0.244. The maximum absolute atomic E-state index is 14.8. The van der Waals surface area contributed by atoms with Gasteiger partial charge in [0.1, 0.15) is 5.76 Å². The van der Waals surface area contributed by atoms with Gasteiger partial charge in [-0.1, -0.05) is 0 Å². The molecule has 0 saturated heterocycles. The highest BCUT2D eigenvalue weighted by atomic mass is 32.2. The molecule has 1 aromatic carbocycles. The van der Waals surface area contributed by atoms with Gasteiger partial charge < -0.3 is 8.92 Å². The van der Waals surface area contributed by atoms with Crippen LogP contribution in [-0.4, -0.2) is 19.9 Å². The number of benzene rings is 1. The average molecular weight is 410 g/mol. The summed E-state index contributed by atoms with van der Waals surface area (Å²) in [5, 5.41) is 0. The highest BCUT2D eigenvalue weighted by Gasteiger charge is 2.49. The lowest BCUT2D eigenvalue weighted by Crippen LogP contribution is -2.26. The number of fused-ring (bicyclic) bond motifs is 1. The number of allylic oxidation sites excluding steroid dienone is 1. The molecule has 0 fully saturated rings. The van der Waals surface area contributed by atoms with E-state index in [-0.39, 0.29) is 29.7 Å². The van der Waals surface area contributed by atoms with Crippen LogP contribution in [0.4, 0.5) is 17.6 Å². The van der Waals surface area contributed by atoms with Crippen molar-refractivity contribution < 1.29 is 39.7 Å². The third kappa shape index (κ3) is 4.60. The molecule has 0 spiro atoms. The Labute approximate surface area is 154 Å². The number of esters is 1. The molecule has 2 rings (SSSR count). The first-order valence-corrected chi connectivity index (χ1v) is 9.40. The Morgan fingerprint density at radius 1 is 1.15 bits per heavy atom. The van der Waals surface area contributed by atoms with Gasteiger partial charge in [-0.25, -0.2) is 4.39 Å². The Balaban J connectivity index is 2.44. The Hall–Kier alpha value is -2.10. The number of hydrogen-bond acceptors (Lipinski definition) is 5. The summed E-state index contributed by atoms with van der Waals surface area (Å²) >= 11 is 0. The van der Waals surface area contributed by atoms with Crippen molar-refractivity contribution in [2.75, 3.05) is 0 Å². The topological polar surface area (TPSA) is 69.7 Å². The maximum Gasteiger partial charge on any atom is 0.534 e. The molecule has 0 bridgehead atoms. The molecule has 10 heteroatoms. The van der Waals surface area contributed by atoms with Crippen molar-refractivity contribution in [1.82, 2.24) is 0 Å².